The van der Waals surface area contributed by atoms with Gasteiger partial charge in [0.25, 0.3) is 0 Å². The number of carboxylic acid groups (broad SMARTS) is 1. The second kappa shape index (κ2) is 6.21. The maximum Gasteiger partial charge on any atom is 0.345 e. The minimum Gasteiger partial charge on any atom is -0.480 e. The molecule has 2 heterocycles. The zero-order valence-corrected chi connectivity index (χ0v) is 14.3. The molecule has 6 nitrogen and oxygen atoms in total. The highest BCUT2D eigenvalue weighted by molar-refractivity contribution is 5.85. The van der Waals surface area contributed by atoms with Crippen LogP contribution >= 0.6 is 0 Å². The standard InChI is InChI=1S/C18H28N2O4/c21-16(22)14-11-18(9-10-18)15-12-19(14)17(23)20(15)24-13-7-5-3-1-2-4-6-8-13/h13-15H,1-12H2,(H,21,22). The van der Waals surface area contributed by atoms with Gasteiger partial charge in [0.2, 0.25) is 0 Å². The van der Waals surface area contributed by atoms with Crippen LogP contribution in [0.15, 0.2) is 0 Å². The average molecular weight is 336 g/mol. The van der Waals surface area contributed by atoms with Crippen LogP contribution in [-0.4, -0.2) is 51.8 Å². The molecule has 4 fully saturated rings. The van der Waals surface area contributed by atoms with Gasteiger partial charge in [-0.3, -0.25) is 4.84 Å². The van der Waals surface area contributed by atoms with Gasteiger partial charge in [0.15, 0.2) is 0 Å². The van der Waals surface area contributed by atoms with Gasteiger partial charge in [-0.25, -0.2) is 9.59 Å². The fraction of sp³-hybridized carbons (Fsp3) is 0.889. The zero-order chi connectivity index (χ0) is 16.7. The van der Waals surface area contributed by atoms with Gasteiger partial charge < -0.3 is 10.0 Å². The van der Waals surface area contributed by atoms with Crippen molar-refractivity contribution in [2.24, 2.45) is 5.41 Å². The first-order valence-electron chi connectivity index (χ1n) is 9.60. The molecule has 0 radical (unpaired) electrons. The van der Waals surface area contributed by atoms with Crippen LogP contribution in [0.2, 0.25) is 0 Å². The summed E-state index contributed by atoms with van der Waals surface area (Å²) < 4.78 is 0. The van der Waals surface area contributed by atoms with Crippen LogP contribution in [0.3, 0.4) is 0 Å². The molecule has 2 saturated carbocycles. The van der Waals surface area contributed by atoms with Crippen molar-refractivity contribution in [3.05, 3.63) is 0 Å². The Labute approximate surface area is 143 Å². The Balaban J connectivity index is 1.49. The highest BCUT2D eigenvalue weighted by atomic mass is 16.7. The van der Waals surface area contributed by atoms with Gasteiger partial charge in [0, 0.05) is 6.54 Å². The lowest BCUT2D eigenvalue weighted by Gasteiger charge is -2.35. The largest absolute Gasteiger partial charge is 0.480 e. The lowest BCUT2D eigenvalue weighted by Crippen LogP contribution is -2.49. The molecule has 4 aliphatic rings. The zero-order valence-electron chi connectivity index (χ0n) is 14.3. The molecule has 0 aromatic rings. The van der Waals surface area contributed by atoms with Crippen molar-refractivity contribution in [3.8, 4) is 0 Å². The molecule has 0 aromatic carbocycles. The molecule has 1 spiro atoms. The van der Waals surface area contributed by atoms with Crippen molar-refractivity contribution in [3.63, 3.8) is 0 Å². The summed E-state index contributed by atoms with van der Waals surface area (Å²) in [6, 6.07) is -0.852. The molecule has 6 heteroatoms. The van der Waals surface area contributed by atoms with Crippen LogP contribution in [-0.2, 0) is 9.63 Å². The van der Waals surface area contributed by atoms with E-state index in [0.29, 0.717) is 13.0 Å². The smallest absolute Gasteiger partial charge is 0.345 e. The number of rotatable bonds is 3. The van der Waals surface area contributed by atoms with E-state index in [2.05, 4.69) is 0 Å². The van der Waals surface area contributed by atoms with Crippen LogP contribution in [0.1, 0.15) is 70.6 Å². The van der Waals surface area contributed by atoms with Crippen molar-refractivity contribution < 1.29 is 19.5 Å². The summed E-state index contributed by atoms with van der Waals surface area (Å²) in [7, 11) is 0. The number of carbonyl (C=O) groups excluding carboxylic acids is 1. The van der Waals surface area contributed by atoms with E-state index < -0.39 is 12.0 Å². The number of hydrogen-bond acceptors (Lipinski definition) is 3. The Morgan fingerprint density at radius 2 is 1.71 bits per heavy atom. The number of hydrogen-bond donors (Lipinski definition) is 1. The molecular formula is C18H28N2O4. The van der Waals surface area contributed by atoms with Crippen molar-refractivity contribution in [2.75, 3.05) is 6.54 Å². The topological polar surface area (TPSA) is 70.1 Å². The minimum absolute atomic E-state index is 0.00970. The lowest BCUT2D eigenvalue weighted by molar-refractivity contribution is -0.185. The van der Waals surface area contributed by atoms with E-state index in [9.17, 15) is 14.7 Å². The third kappa shape index (κ3) is 2.79. The summed E-state index contributed by atoms with van der Waals surface area (Å²) in [6.45, 7) is 0.516. The number of nitrogens with zero attached hydrogens (tertiary/aromatic N) is 2. The molecule has 134 valence electrons. The SMILES string of the molecule is O=C(O)C1CC2(CC2)C2CN1C(=O)N2OC1CCCCCCCC1. The van der Waals surface area contributed by atoms with E-state index in [4.69, 9.17) is 4.84 Å². The molecule has 2 bridgehead atoms. The number of piperidine rings is 1. The Hall–Kier alpha value is -1.30. The summed E-state index contributed by atoms with van der Waals surface area (Å²) in [5.74, 6) is -0.877. The highest BCUT2D eigenvalue weighted by Crippen LogP contribution is 2.59. The van der Waals surface area contributed by atoms with Gasteiger partial charge in [-0.1, -0.05) is 38.5 Å². The second-order valence-electron chi connectivity index (χ2n) is 8.12. The Morgan fingerprint density at radius 3 is 2.29 bits per heavy atom. The van der Waals surface area contributed by atoms with Gasteiger partial charge in [0.1, 0.15) is 6.04 Å². The van der Waals surface area contributed by atoms with Crippen LogP contribution in [0.5, 0.6) is 0 Å². The molecule has 24 heavy (non-hydrogen) atoms. The molecule has 2 unspecified atom stereocenters. The average Bonchev–Trinajstić information content (AvgIpc) is 3.24. The summed E-state index contributed by atoms with van der Waals surface area (Å²) in [6.07, 6.45) is 12.1. The van der Waals surface area contributed by atoms with Gasteiger partial charge in [-0.15, -0.1) is 0 Å². The van der Waals surface area contributed by atoms with Gasteiger partial charge >= 0.3 is 12.0 Å². The van der Waals surface area contributed by atoms with Crippen LogP contribution < -0.4 is 0 Å². The number of fused-ring (bicyclic) bond motifs is 3. The Kier molecular flexibility index (Phi) is 4.19. The lowest BCUT2D eigenvalue weighted by atomic mass is 9.85. The van der Waals surface area contributed by atoms with Gasteiger partial charge in [-0.2, -0.15) is 5.06 Å². The Morgan fingerprint density at radius 1 is 1.08 bits per heavy atom. The number of carbonyl (C=O) groups is 2. The number of urea groups is 1. The van der Waals surface area contributed by atoms with E-state index in [-0.39, 0.29) is 23.6 Å². The summed E-state index contributed by atoms with van der Waals surface area (Å²) in [5.41, 5.74) is -0.00970. The van der Waals surface area contributed by atoms with Gasteiger partial charge in [-0.05, 0) is 37.5 Å². The normalized spacial score (nSPS) is 33.2. The van der Waals surface area contributed by atoms with Crippen LogP contribution in [0.4, 0.5) is 4.79 Å². The van der Waals surface area contributed by atoms with E-state index in [0.717, 1.165) is 38.5 Å². The summed E-state index contributed by atoms with van der Waals surface area (Å²) in [4.78, 5) is 32.1. The second-order valence-corrected chi connectivity index (χ2v) is 8.12. The van der Waals surface area contributed by atoms with Crippen molar-refractivity contribution in [1.82, 2.24) is 9.96 Å². The fourth-order valence-electron chi connectivity index (χ4n) is 4.83. The number of hydroxylamine groups is 2. The third-order valence-corrected chi connectivity index (χ3v) is 6.51. The minimum atomic E-state index is -0.877. The third-order valence-electron chi connectivity index (χ3n) is 6.51. The van der Waals surface area contributed by atoms with E-state index >= 15 is 0 Å². The predicted molar refractivity (Wildman–Crippen MR) is 87.2 cm³/mol. The summed E-state index contributed by atoms with van der Waals surface area (Å²) >= 11 is 0. The van der Waals surface area contributed by atoms with Crippen molar-refractivity contribution in [1.29, 1.82) is 0 Å². The number of carboxylic acids is 1. The van der Waals surface area contributed by atoms with E-state index in [1.54, 1.807) is 5.06 Å². The van der Waals surface area contributed by atoms with Crippen molar-refractivity contribution in [2.45, 2.75) is 88.8 Å². The maximum atomic E-state index is 12.8. The van der Waals surface area contributed by atoms with Crippen LogP contribution in [0.25, 0.3) is 0 Å². The highest BCUT2D eigenvalue weighted by Gasteiger charge is 2.64. The first kappa shape index (κ1) is 16.2. The molecular weight excluding hydrogens is 308 g/mol. The first-order chi connectivity index (χ1) is 11.6. The molecule has 2 aliphatic heterocycles. The molecule has 1 N–H and O–H groups in total. The van der Waals surface area contributed by atoms with E-state index in [1.807, 2.05) is 0 Å². The molecule has 2 saturated heterocycles. The van der Waals surface area contributed by atoms with Crippen LogP contribution in [0, 0.1) is 5.41 Å². The monoisotopic (exact) mass is 336 g/mol. The number of amides is 2. The maximum absolute atomic E-state index is 12.8. The van der Waals surface area contributed by atoms with Crippen molar-refractivity contribution >= 4 is 12.0 Å². The molecule has 0 aromatic heterocycles. The molecule has 2 aliphatic carbocycles. The fourth-order valence-corrected chi connectivity index (χ4v) is 4.83. The first-order valence-corrected chi connectivity index (χ1v) is 9.60. The van der Waals surface area contributed by atoms with E-state index in [1.165, 1.54) is 30.6 Å². The van der Waals surface area contributed by atoms with Gasteiger partial charge in [0.05, 0.1) is 12.1 Å². The summed E-state index contributed by atoms with van der Waals surface area (Å²) in [5, 5.41) is 11.1. The number of aliphatic carboxylic acids is 1. The predicted octanol–water partition coefficient (Wildman–Crippen LogP) is 3.16. The molecule has 2 amide bonds. The molecule has 4 rings (SSSR count). The quantitative estimate of drug-likeness (QED) is 0.859. The Bertz CT molecular complexity index is 509. The molecule has 2 atom stereocenters.